The number of benzene rings is 1. The number of aromatic nitrogens is 2. The molecule has 0 bridgehead atoms. The Morgan fingerprint density at radius 3 is 2.75 bits per heavy atom. The number of nitrogens with two attached hydrogens (primary N) is 2. The van der Waals surface area contributed by atoms with Crippen molar-refractivity contribution >= 4 is 35.3 Å². The van der Waals surface area contributed by atoms with Gasteiger partial charge < -0.3 is 27.5 Å². The highest BCUT2D eigenvalue weighted by molar-refractivity contribution is 5.97. The highest BCUT2D eigenvalue weighted by atomic mass is 16.1. The molecular weight excluding hydrogens is 306 g/mol. The molecule has 1 aromatic carbocycles. The van der Waals surface area contributed by atoms with E-state index in [0.29, 0.717) is 34.7 Å². The summed E-state index contributed by atoms with van der Waals surface area (Å²) in [5.41, 5.74) is 13.3. The molecule has 1 aliphatic carbocycles. The number of nitrogens with one attached hydrogen (secondary N) is 3. The maximum Gasteiger partial charge on any atom is 0.254 e. The Balaban J connectivity index is 1.84. The number of primary amides is 1. The van der Waals surface area contributed by atoms with Crippen LogP contribution >= 0.6 is 0 Å². The summed E-state index contributed by atoms with van der Waals surface area (Å²) in [6.07, 6.45) is 5.86. The second-order valence-corrected chi connectivity index (χ2v) is 5.71. The minimum Gasteiger partial charge on any atom is -0.398 e. The number of carbonyl (C=O) groups is 1. The molecule has 0 aliphatic heterocycles. The van der Waals surface area contributed by atoms with Crippen molar-refractivity contribution in [3.63, 3.8) is 0 Å². The lowest BCUT2D eigenvalue weighted by Gasteiger charge is -2.27. The van der Waals surface area contributed by atoms with Crippen molar-refractivity contribution in [1.29, 1.82) is 5.41 Å². The molecule has 3 rings (SSSR count). The summed E-state index contributed by atoms with van der Waals surface area (Å²) in [6, 6.07) is 5.52. The Morgan fingerprint density at radius 2 is 2.17 bits per heavy atom. The standard InChI is InChI=1S/C16H19N7O/c17-7-9-4-5-11(6-13(9)18)22-16-20-8-12(14(19)24)15(23-16)21-10-2-1-3-10/h4-8,10,17H,1-3,18H2,(H2,19,24)(H2,20,21,22,23). The molecule has 0 radical (unpaired) electrons. The van der Waals surface area contributed by atoms with Gasteiger partial charge in [0.2, 0.25) is 5.95 Å². The molecule has 1 aromatic heterocycles. The molecule has 0 spiro atoms. The maximum absolute atomic E-state index is 11.5. The van der Waals surface area contributed by atoms with Crippen molar-refractivity contribution in [3.8, 4) is 0 Å². The summed E-state index contributed by atoms with van der Waals surface area (Å²) in [7, 11) is 0. The molecule has 8 nitrogen and oxygen atoms in total. The summed E-state index contributed by atoms with van der Waals surface area (Å²) in [6.45, 7) is 0. The van der Waals surface area contributed by atoms with E-state index >= 15 is 0 Å². The van der Waals surface area contributed by atoms with Crippen LogP contribution in [0.5, 0.6) is 0 Å². The number of hydrogen-bond acceptors (Lipinski definition) is 7. The van der Waals surface area contributed by atoms with Crippen LogP contribution in [0.2, 0.25) is 0 Å². The molecule has 1 fully saturated rings. The summed E-state index contributed by atoms with van der Waals surface area (Å²) in [5.74, 6) is 0.209. The fourth-order valence-corrected chi connectivity index (χ4v) is 2.39. The zero-order valence-electron chi connectivity index (χ0n) is 13.0. The summed E-state index contributed by atoms with van der Waals surface area (Å²) in [4.78, 5) is 20.0. The monoisotopic (exact) mass is 325 g/mol. The van der Waals surface area contributed by atoms with Gasteiger partial charge >= 0.3 is 0 Å². The second-order valence-electron chi connectivity index (χ2n) is 5.71. The Labute approximate surface area is 139 Å². The van der Waals surface area contributed by atoms with E-state index in [0.717, 1.165) is 12.8 Å². The first kappa shape index (κ1) is 15.7. The van der Waals surface area contributed by atoms with Crippen LogP contribution in [0.15, 0.2) is 24.4 Å². The zero-order valence-corrected chi connectivity index (χ0v) is 13.0. The molecule has 8 heteroatoms. The van der Waals surface area contributed by atoms with Gasteiger partial charge in [0.05, 0.1) is 5.56 Å². The summed E-state index contributed by atoms with van der Waals surface area (Å²) in [5, 5.41) is 13.5. The minimum atomic E-state index is -0.567. The van der Waals surface area contributed by atoms with Gasteiger partial charge in [-0.05, 0) is 37.5 Å². The van der Waals surface area contributed by atoms with E-state index in [1.165, 1.54) is 18.8 Å². The van der Waals surface area contributed by atoms with E-state index < -0.39 is 5.91 Å². The van der Waals surface area contributed by atoms with E-state index in [4.69, 9.17) is 16.9 Å². The largest absolute Gasteiger partial charge is 0.398 e. The zero-order chi connectivity index (χ0) is 17.1. The van der Waals surface area contributed by atoms with Gasteiger partial charge in [0.15, 0.2) is 0 Å². The molecule has 2 aromatic rings. The van der Waals surface area contributed by atoms with E-state index in [1.807, 2.05) is 0 Å². The van der Waals surface area contributed by atoms with Crippen molar-refractivity contribution in [3.05, 3.63) is 35.5 Å². The van der Waals surface area contributed by atoms with E-state index in [9.17, 15) is 4.79 Å². The maximum atomic E-state index is 11.5. The number of nitrogen functional groups attached to an aromatic ring is 1. The Bertz CT molecular complexity index is 786. The van der Waals surface area contributed by atoms with Crippen molar-refractivity contribution in [2.75, 3.05) is 16.4 Å². The topological polar surface area (TPSA) is 143 Å². The SMILES string of the molecule is N=Cc1ccc(Nc2ncc(C(N)=O)c(NC3CCC3)n2)cc1N. The van der Waals surface area contributed by atoms with Crippen molar-refractivity contribution in [1.82, 2.24) is 9.97 Å². The average molecular weight is 325 g/mol. The first-order valence-corrected chi connectivity index (χ1v) is 7.67. The van der Waals surface area contributed by atoms with Gasteiger partial charge in [0.25, 0.3) is 5.91 Å². The van der Waals surface area contributed by atoms with Gasteiger partial charge in [-0.1, -0.05) is 0 Å². The fourth-order valence-electron chi connectivity index (χ4n) is 2.39. The Kier molecular flexibility index (Phi) is 4.28. The molecular formula is C16H19N7O. The van der Waals surface area contributed by atoms with Gasteiger partial charge in [0.1, 0.15) is 5.82 Å². The molecule has 0 atom stereocenters. The van der Waals surface area contributed by atoms with Gasteiger partial charge in [-0.2, -0.15) is 4.98 Å². The number of anilines is 4. The minimum absolute atomic E-state index is 0.270. The van der Waals surface area contributed by atoms with Crippen LogP contribution in [0, 0.1) is 5.41 Å². The predicted molar refractivity (Wildman–Crippen MR) is 93.8 cm³/mol. The van der Waals surface area contributed by atoms with Gasteiger partial charge in [-0.3, -0.25) is 4.79 Å². The van der Waals surface area contributed by atoms with Crippen molar-refractivity contribution in [2.45, 2.75) is 25.3 Å². The van der Waals surface area contributed by atoms with Crippen LogP contribution in [-0.4, -0.2) is 28.1 Å². The summed E-state index contributed by atoms with van der Waals surface area (Å²) >= 11 is 0. The van der Waals surface area contributed by atoms with Crippen molar-refractivity contribution < 1.29 is 4.79 Å². The smallest absolute Gasteiger partial charge is 0.254 e. The molecule has 1 saturated carbocycles. The second kappa shape index (κ2) is 6.53. The lowest BCUT2D eigenvalue weighted by molar-refractivity contribution is 0.100. The van der Waals surface area contributed by atoms with E-state index in [-0.39, 0.29) is 5.56 Å². The van der Waals surface area contributed by atoms with E-state index in [2.05, 4.69) is 20.6 Å². The number of hydrogen-bond donors (Lipinski definition) is 5. The van der Waals surface area contributed by atoms with Gasteiger partial charge in [-0.15, -0.1) is 0 Å². The number of carbonyl (C=O) groups excluding carboxylic acids is 1. The third kappa shape index (κ3) is 3.27. The molecule has 0 unspecified atom stereocenters. The first-order valence-electron chi connectivity index (χ1n) is 7.67. The van der Waals surface area contributed by atoms with Crippen LogP contribution in [0.4, 0.5) is 23.1 Å². The van der Waals surface area contributed by atoms with Gasteiger partial charge in [0, 0.05) is 35.4 Å². The summed E-state index contributed by atoms with van der Waals surface area (Å²) < 4.78 is 0. The van der Waals surface area contributed by atoms with Crippen LogP contribution in [0.3, 0.4) is 0 Å². The Morgan fingerprint density at radius 1 is 1.38 bits per heavy atom. The molecule has 1 aliphatic rings. The van der Waals surface area contributed by atoms with Crippen molar-refractivity contribution in [2.24, 2.45) is 5.73 Å². The number of amides is 1. The van der Waals surface area contributed by atoms with Crippen LogP contribution < -0.4 is 22.1 Å². The number of rotatable bonds is 6. The average Bonchev–Trinajstić information content (AvgIpc) is 2.51. The molecule has 1 amide bonds. The normalized spacial score (nSPS) is 13.8. The van der Waals surface area contributed by atoms with E-state index in [1.54, 1.807) is 18.2 Å². The number of nitrogens with zero attached hydrogens (tertiary/aromatic N) is 2. The molecule has 0 saturated heterocycles. The quantitative estimate of drug-likeness (QED) is 0.405. The van der Waals surface area contributed by atoms with Gasteiger partial charge in [-0.25, -0.2) is 4.98 Å². The molecule has 124 valence electrons. The molecule has 24 heavy (non-hydrogen) atoms. The van der Waals surface area contributed by atoms with Crippen LogP contribution in [0.1, 0.15) is 35.2 Å². The highest BCUT2D eigenvalue weighted by Crippen LogP contribution is 2.25. The lowest BCUT2D eigenvalue weighted by atomic mass is 9.93. The van der Waals surface area contributed by atoms with Crippen LogP contribution in [0.25, 0.3) is 0 Å². The predicted octanol–water partition coefficient (Wildman–Crippen LogP) is 1.86. The lowest BCUT2D eigenvalue weighted by Crippen LogP contribution is -2.29. The third-order valence-electron chi connectivity index (χ3n) is 4.00. The fraction of sp³-hybridized carbons (Fsp3) is 0.250. The molecule has 7 N–H and O–H groups in total. The highest BCUT2D eigenvalue weighted by Gasteiger charge is 2.21. The Hall–Kier alpha value is -3.16. The first-order chi connectivity index (χ1) is 11.6. The molecule has 1 heterocycles. The third-order valence-corrected chi connectivity index (χ3v) is 4.00. The van der Waals surface area contributed by atoms with Crippen LogP contribution in [-0.2, 0) is 0 Å².